The number of fused-ring (bicyclic) bond motifs is 1. The average Bonchev–Trinajstić information content (AvgIpc) is 2.77. The Morgan fingerprint density at radius 2 is 1.77 bits per heavy atom. The minimum absolute atomic E-state index is 0.117. The Balaban J connectivity index is 1.54. The summed E-state index contributed by atoms with van der Waals surface area (Å²) in [6.07, 6.45) is 3.81. The number of pyridine rings is 1. The Morgan fingerprint density at radius 3 is 2.48 bits per heavy atom. The third-order valence-corrected chi connectivity index (χ3v) is 5.55. The lowest BCUT2D eigenvalue weighted by Gasteiger charge is -2.26. The molecule has 4 rings (SSSR count). The largest absolute Gasteiger partial charge is 0.379 e. The molecule has 1 aliphatic heterocycles. The SMILES string of the molecule is CCCCNc1nc(N)nc2ccn(Cc3ccc(CN4CCOCC4)cc3)c(=O)c12. The third kappa shape index (κ3) is 5.21. The molecule has 164 valence electrons. The first-order valence-electron chi connectivity index (χ1n) is 10.9. The van der Waals surface area contributed by atoms with Gasteiger partial charge >= 0.3 is 0 Å². The first kappa shape index (κ1) is 21.3. The van der Waals surface area contributed by atoms with Gasteiger partial charge in [0.2, 0.25) is 5.95 Å². The monoisotopic (exact) mass is 422 g/mol. The fourth-order valence-corrected chi connectivity index (χ4v) is 3.80. The van der Waals surface area contributed by atoms with E-state index in [2.05, 4.69) is 51.4 Å². The van der Waals surface area contributed by atoms with Gasteiger partial charge in [-0.1, -0.05) is 37.6 Å². The van der Waals surface area contributed by atoms with E-state index in [1.54, 1.807) is 10.8 Å². The van der Waals surface area contributed by atoms with Crippen molar-refractivity contribution < 1.29 is 4.74 Å². The average molecular weight is 423 g/mol. The number of unbranched alkanes of at least 4 members (excludes halogenated alkanes) is 1. The summed E-state index contributed by atoms with van der Waals surface area (Å²) in [7, 11) is 0. The van der Waals surface area contributed by atoms with Crippen LogP contribution in [-0.4, -0.2) is 52.3 Å². The van der Waals surface area contributed by atoms with Crippen LogP contribution < -0.4 is 16.6 Å². The molecular formula is C23H30N6O2. The molecule has 0 amide bonds. The number of benzene rings is 1. The number of nitrogens with zero attached hydrogens (tertiary/aromatic N) is 4. The summed E-state index contributed by atoms with van der Waals surface area (Å²) < 4.78 is 7.11. The topological polar surface area (TPSA) is 98.3 Å². The minimum atomic E-state index is -0.117. The maximum absolute atomic E-state index is 13.2. The van der Waals surface area contributed by atoms with E-state index in [0.29, 0.717) is 23.3 Å². The van der Waals surface area contributed by atoms with Crippen molar-refractivity contribution in [3.8, 4) is 0 Å². The second-order valence-corrected chi connectivity index (χ2v) is 7.92. The first-order chi connectivity index (χ1) is 15.1. The van der Waals surface area contributed by atoms with Crippen LogP contribution in [0.3, 0.4) is 0 Å². The Morgan fingerprint density at radius 1 is 1.06 bits per heavy atom. The summed E-state index contributed by atoms with van der Waals surface area (Å²) >= 11 is 0. The van der Waals surface area contributed by atoms with Crippen molar-refractivity contribution >= 4 is 22.7 Å². The highest BCUT2D eigenvalue weighted by atomic mass is 16.5. The van der Waals surface area contributed by atoms with Crippen LogP contribution in [-0.2, 0) is 17.8 Å². The molecule has 3 aromatic rings. The van der Waals surface area contributed by atoms with Gasteiger partial charge in [-0.2, -0.15) is 4.98 Å². The quantitative estimate of drug-likeness (QED) is 0.538. The molecule has 3 N–H and O–H groups in total. The summed E-state index contributed by atoms with van der Waals surface area (Å²) in [6, 6.07) is 10.3. The van der Waals surface area contributed by atoms with Crippen molar-refractivity contribution in [3.63, 3.8) is 0 Å². The predicted octanol–water partition coefficient (Wildman–Crippen LogP) is 2.47. The molecule has 8 heteroatoms. The second kappa shape index (κ2) is 9.89. The summed E-state index contributed by atoms with van der Waals surface area (Å²) in [4.78, 5) is 24.1. The van der Waals surface area contributed by atoms with E-state index in [4.69, 9.17) is 10.5 Å². The van der Waals surface area contributed by atoms with Gasteiger partial charge in [0.15, 0.2) is 0 Å². The Labute approximate surface area is 182 Å². The van der Waals surface area contributed by atoms with Crippen molar-refractivity contribution in [1.29, 1.82) is 0 Å². The predicted molar refractivity (Wildman–Crippen MR) is 123 cm³/mol. The summed E-state index contributed by atoms with van der Waals surface area (Å²) in [5.74, 6) is 0.677. The fraction of sp³-hybridized carbons (Fsp3) is 0.435. The van der Waals surface area contributed by atoms with Crippen LogP contribution in [0.15, 0.2) is 41.3 Å². The molecule has 0 bridgehead atoms. The normalized spacial score (nSPS) is 14.7. The molecule has 31 heavy (non-hydrogen) atoms. The molecule has 8 nitrogen and oxygen atoms in total. The lowest BCUT2D eigenvalue weighted by molar-refractivity contribution is 0.0342. The van der Waals surface area contributed by atoms with E-state index >= 15 is 0 Å². The van der Waals surface area contributed by atoms with Crippen LogP contribution in [0.2, 0.25) is 0 Å². The second-order valence-electron chi connectivity index (χ2n) is 7.92. The van der Waals surface area contributed by atoms with Crippen molar-refractivity contribution in [3.05, 3.63) is 58.0 Å². The smallest absolute Gasteiger partial charge is 0.264 e. The van der Waals surface area contributed by atoms with E-state index < -0.39 is 0 Å². The van der Waals surface area contributed by atoms with E-state index in [1.165, 1.54) is 5.56 Å². The Kier molecular flexibility index (Phi) is 6.79. The molecule has 1 fully saturated rings. The standard InChI is InChI=1S/C23H30N6O2/c1-2-3-9-25-21-20-19(26-23(24)27-21)8-10-29(22(20)30)16-18-6-4-17(5-7-18)15-28-11-13-31-14-12-28/h4-8,10H,2-3,9,11-16H2,1H3,(H3,24,25,26,27). The minimum Gasteiger partial charge on any atom is -0.379 e. The van der Waals surface area contributed by atoms with Crippen molar-refractivity contribution in [2.75, 3.05) is 43.9 Å². The Bertz CT molecular complexity index is 1070. The van der Waals surface area contributed by atoms with Gasteiger partial charge in [-0.05, 0) is 23.6 Å². The molecule has 0 atom stereocenters. The number of nitrogen functional groups attached to an aromatic ring is 1. The molecule has 0 unspecified atom stereocenters. The van der Waals surface area contributed by atoms with Gasteiger partial charge in [-0.15, -0.1) is 0 Å². The van der Waals surface area contributed by atoms with Gasteiger partial charge in [0.1, 0.15) is 11.2 Å². The number of morpholine rings is 1. The van der Waals surface area contributed by atoms with Gasteiger partial charge in [0.25, 0.3) is 5.56 Å². The number of aromatic nitrogens is 3. The summed E-state index contributed by atoms with van der Waals surface area (Å²) in [5, 5.41) is 3.73. The van der Waals surface area contributed by atoms with Crippen LogP contribution in [0, 0.1) is 0 Å². The number of anilines is 2. The first-order valence-corrected chi connectivity index (χ1v) is 10.9. The molecular weight excluding hydrogens is 392 g/mol. The molecule has 1 aromatic carbocycles. The summed E-state index contributed by atoms with van der Waals surface area (Å²) in [6.45, 7) is 7.80. The van der Waals surface area contributed by atoms with E-state index in [1.807, 2.05) is 6.07 Å². The molecule has 0 spiro atoms. The van der Waals surface area contributed by atoms with Gasteiger partial charge < -0.3 is 20.4 Å². The molecule has 0 aliphatic carbocycles. The highest BCUT2D eigenvalue weighted by Crippen LogP contribution is 2.18. The van der Waals surface area contributed by atoms with Gasteiger partial charge in [0.05, 0.1) is 25.3 Å². The van der Waals surface area contributed by atoms with Crippen LogP contribution in [0.4, 0.5) is 11.8 Å². The number of hydrogen-bond donors (Lipinski definition) is 2. The molecule has 3 heterocycles. The van der Waals surface area contributed by atoms with Gasteiger partial charge in [-0.25, -0.2) is 4.98 Å². The lowest BCUT2D eigenvalue weighted by Crippen LogP contribution is -2.35. The highest BCUT2D eigenvalue weighted by Gasteiger charge is 2.13. The lowest BCUT2D eigenvalue weighted by atomic mass is 10.1. The summed E-state index contributed by atoms with van der Waals surface area (Å²) in [5.41, 5.74) is 8.63. The van der Waals surface area contributed by atoms with Crippen molar-refractivity contribution in [2.24, 2.45) is 0 Å². The zero-order valence-corrected chi connectivity index (χ0v) is 18.0. The van der Waals surface area contributed by atoms with Gasteiger partial charge in [-0.3, -0.25) is 9.69 Å². The van der Waals surface area contributed by atoms with Gasteiger partial charge in [0, 0.05) is 32.4 Å². The van der Waals surface area contributed by atoms with Crippen LogP contribution in [0.1, 0.15) is 30.9 Å². The van der Waals surface area contributed by atoms with Crippen LogP contribution >= 0.6 is 0 Å². The highest BCUT2D eigenvalue weighted by molar-refractivity contribution is 5.89. The van der Waals surface area contributed by atoms with E-state index in [9.17, 15) is 4.79 Å². The molecule has 2 aromatic heterocycles. The van der Waals surface area contributed by atoms with E-state index in [0.717, 1.165) is 57.8 Å². The maximum Gasteiger partial charge on any atom is 0.264 e. The Hall–Kier alpha value is -2.97. The number of nitrogens with one attached hydrogen (secondary N) is 1. The fourth-order valence-electron chi connectivity index (χ4n) is 3.80. The van der Waals surface area contributed by atoms with Crippen LogP contribution in [0.25, 0.3) is 10.9 Å². The number of ether oxygens (including phenoxy) is 1. The number of rotatable bonds is 8. The molecule has 0 saturated carbocycles. The molecule has 1 saturated heterocycles. The zero-order chi connectivity index (χ0) is 21.6. The molecule has 1 aliphatic rings. The zero-order valence-electron chi connectivity index (χ0n) is 18.0. The van der Waals surface area contributed by atoms with Crippen molar-refractivity contribution in [1.82, 2.24) is 19.4 Å². The van der Waals surface area contributed by atoms with Crippen LogP contribution in [0.5, 0.6) is 0 Å². The molecule has 0 radical (unpaired) electrons. The number of hydrogen-bond acceptors (Lipinski definition) is 7. The number of nitrogens with two attached hydrogens (primary N) is 1. The van der Waals surface area contributed by atoms with E-state index in [-0.39, 0.29) is 11.5 Å². The third-order valence-electron chi connectivity index (χ3n) is 5.55. The maximum atomic E-state index is 13.2. The van der Waals surface area contributed by atoms with Crippen molar-refractivity contribution in [2.45, 2.75) is 32.9 Å².